The minimum absolute atomic E-state index is 0.446. The molecule has 20 heavy (non-hydrogen) atoms. The quantitative estimate of drug-likeness (QED) is 0.770. The predicted molar refractivity (Wildman–Crippen MR) is 90.5 cm³/mol. The normalized spacial score (nSPS) is 13.2. The highest BCUT2D eigenvalue weighted by Crippen LogP contribution is 2.34. The molecule has 0 bridgehead atoms. The van der Waals surface area contributed by atoms with E-state index in [0.717, 1.165) is 0 Å². The topological polar surface area (TPSA) is 12.0 Å². The van der Waals surface area contributed by atoms with Crippen LogP contribution in [0.4, 0.5) is 0 Å². The molecule has 0 radical (unpaired) electrons. The second-order valence-electron chi connectivity index (χ2n) is 5.99. The molecule has 1 aromatic carbocycles. The molecule has 2 aromatic rings. The van der Waals surface area contributed by atoms with Crippen molar-refractivity contribution in [3.8, 4) is 10.4 Å². The van der Waals surface area contributed by atoms with Gasteiger partial charge in [0.15, 0.2) is 0 Å². The van der Waals surface area contributed by atoms with Crippen molar-refractivity contribution in [3.05, 3.63) is 46.8 Å². The minimum Gasteiger partial charge on any atom is -0.312 e. The Labute approximate surface area is 127 Å². The van der Waals surface area contributed by atoms with Crippen LogP contribution in [-0.2, 0) is 0 Å². The summed E-state index contributed by atoms with van der Waals surface area (Å²) in [6, 6.07) is 13.9. The van der Waals surface area contributed by atoms with Crippen molar-refractivity contribution in [2.24, 2.45) is 5.92 Å². The lowest BCUT2D eigenvalue weighted by atomic mass is 10.0. The fraction of sp³-hybridized carbons (Fsp3) is 0.444. The first kappa shape index (κ1) is 15.3. The van der Waals surface area contributed by atoms with Crippen LogP contribution in [0, 0.1) is 5.92 Å². The Bertz CT molecular complexity index is 554. The summed E-state index contributed by atoms with van der Waals surface area (Å²) < 4.78 is 0. The van der Waals surface area contributed by atoms with Gasteiger partial charge in [-0.05, 0) is 42.1 Å². The molecule has 1 nitrogen and oxygen atoms in total. The molecule has 1 unspecified atom stereocenters. The lowest BCUT2D eigenvalue weighted by Gasteiger charge is -2.18. The Hall–Kier alpha value is -1.12. The number of nitrogens with one attached hydrogen (secondary N) is 1. The van der Waals surface area contributed by atoms with Gasteiger partial charge in [0.1, 0.15) is 0 Å². The molecule has 0 saturated heterocycles. The molecular weight excluding hydrogens is 262 g/mol. The number of hydrogen-bond donors (Lipinski definition) is 1. The van der Waals surface area contributed by atoms with E-state index in [1.54, 1.807) is 0 Å². The fourth-order valence-electron chi connectivity index (χ4n) is 2.53. The maximum atomic E-state index is 3.42. The first-order valence-electron chi connectivity index (χ1n) is 7.40. The van der Waals surface area contributed by atoms with Crippen molar-refractivity contribution in [3.63, 3.8) is 0 Å². The van der Waals surface area contributed by atoms with Crippen molar-refractivity contribution in [2.75, 3.05) is 7.05 Å². The first-order valence-corrected chi connectivity index (χ1v) is 8.22. The molecule has 0 aliphatic rings. The van der Waals surface area contributed by atoms with Gasteiger partial charge in [0.05, 0.1) is 0 Å². The number of benzene rings is 1. The molecule has 2 heteroatoms. The van der Waals surface area contributed by atoms with Crippen molar-refractivity contribution < 1.29 is 0 Å². The standard InChI is InChI=1S/C18H25NS/c1-12(2)14-7-6-8-15(11-14)16-9-10-17(20-16)18(19-5)13(3)4/h6-13,18-19H,1-5H3. The van der Waals surface area contributed by atoms with E-state index >= 15 is 0 Å². The molecule has 1 N–H and O–H groups in total. The van der Waals surface area contributed by atoms with E-state index < -0.39 is 0 Å². The Morgan fingerprint density at radius 1 is 1.00 bits per heavy atom. The second-order valence-corrected chi connectivity index (χ2v) is 7.11. The van der Waals surface area contributed by atoms with Gasteiger partial charge in [-0.25, -0.2) is 0 Å². The van der Waals surface area contributed by atoms with Crippen LogP contribution in [-0.4, -0.2) is 7.05 Å². The summed E-state index contributed by atoms with van der Waals surface area (Å²) in [6.45, 7) is 9.02. The Balaban J connectivity index is 2.31. The van der Waals surface area contributed by atoms with Gasteiger partial charge in [-0.15, -0.1) is 11.3 Å². The minimum atomic E-state index is 0.446. The lowest BCUT2D eigenvalue weighted by Crippen LogP contribution is -2.20. The van der Waals surface area contributed by atoms with E-state index in [2.05, 4.69) is 69.4 Å². The SMILES string of the molecule is CNC(c1ccc(-c2cccc(C(C)C)c2)s1)C(C)C. The van der Waals surface area contributed by atoms with Gasteiger partial charge in [0.25, 0.3) is 0 Å². The van der Waals surface area contributed by atoms with E-state index in [1.807, 2.05) is 18.4 Å². The molecule has 0 amide bonds. The number of rotatable bonds is 5. The van der Waals surface area contributed by atoms with Gasteiger partial charge in [0.2, 0.25) is 0 Å². The zero-order valence-corrected chi connectivity index (χ0v) is 13.9. The van der Waals surface area contributed by atoms with Gasteiger partial charge in [-0.3, -0.25) is 0 Å². The lowest BCUT2D eigenvalue weighted by molar-refractivity contribution is 0.449. The van der Waals surface area contributed by atoms with Crippen LogP contribution in [0.5, 0.6) is 0 Å². The third kappa shape index (κ3) is 3.31. The van der Waals surface area contributed by atoms with Crippen molar-refractivity contribution in [1.82, 2.24) is 5.32 Å². The zero-order valence-electron chi connectivity index (χ0n) is 13.1. The fourth-order valence-corrected chi connectivity index (χ4v) is 3.82. The van der Waals surface area contributed by atoms with Gasteiger partial charge in [-0.2, -0.15) is 0 Å². The molecule has 0 spiro atoms. The van der Waals surface area contributed by atoms with Crippen LogP contribution < -0.4 is 5.32 Å². The highest BCUT2D eigenvalue weighted by atomic mass is 32.1. The third-order valence-corrected chi connectivity index (χ3v) is 4.97. The molecule has 0 fully saturated rings. The Kier molecular flexibility index (Phi) is 5.00. The molecule has 0 aliphatic carbocycles. The maximum Gasteiger partial charge on any atom is 0.0435 e. The van der Waals surface area contributed by atoms with E-state index in [1.165, 1.54) is 20.9 Å². The monoisotopic (exact) mass is 287 g/mol. The third-order valence-electron chi connectivity index (χ3n) is 3.75. The molecular formula is C18H25NS. The smallest absolute Gasteiger partial charge is 0.0435 e. The van der Waals surface area contributed by atoms with Crippen LogP contribution in [0.2, 0.25) is 0 Å². The summed E-state index contributed by atoms with van der Waals surface area (Å²) in [5.74, 6) is 1.18. The summed E-state index contributed by atoms with van der Waals surface area (Å²) in [4.78, 5) is 2.79. The van der Waals surface area contributed by atoms with Gasteiger partial charge < -0.3 is 5.32 Å². The summed E-state index contributed by atoms with van der Waals surface area (Å²) in [7, 11) is 2.05. The highest BCUT2D eigenvalue weighted by molar-refractivity contribution is 7.15. The van der Waals surface area contributed by atoms with Crippen LogP contribution in [0.3, 0.4) is 0 Å². The zero-order chi connectivity index (χ0) is 14.7. The molecule has 0 aliphatic heterocycles. The molecule has 0 saturated carbocycles. The van der Waals surface area contributed by atoms with E-state index in [-0.39, 0.29) is 0 Å². The van der Waals surface area contributed by atoms with E-state index in [9.17, 15) is 0 Å². The van der Waals surface area contributed by atoms with E-state index in [4.69, 9.17) is 0 Å². The van der Waals surface area contributed by atoms with Crippen molar-refractivity contribution in [1.29, 1.82) is 0 Å². The van der Waals surface area contributed by atoms with Crippen molar-refractivity contribution in [2.45, 2.75) is 39.7 Å². The average Bonchev–Trinajstić information content (AvgIpc) is 2.89. The van der Waals surface area contributed by atoms with Gasteiger partial charge >= 0.3 is 0 Å². The Morgan fingerprint density at radius 2 is 1.75 bits per heavy atom. The molecule has 2 rings (SSSR count). The first-order chi connectivity index (χ1) is 9.52. The predicted octanol–water partition coefficient (Wildman–Crippen LogP) is 5.46. The second kappa shape index (κ2) is 6.55. The molecule has 108 valence electrons. The Morgan fingerprint density at radius 3 is 2.35 bits per heavy atom. The van der Waals surface area contributed by atoms with Crippen LogP contribution >= 0.6 is 11.3 Å². The summed E-state index contributed by atoms with van der Waals surface area (Å²) in [5.41, 5.74) is 2.75. The van der Waals surface area contributed by atoms with Crippen LogP contribution in [0.15, 0.2) is 36.4 Å². The average molecular weight is 287 g/mol. The van der Waals surface area contributed by atoms with Gasteiger partial charge in [0, 0.05) is 15.8 Å². The largest absolute Gasteiger partial charge is 0.312 e. The maximum absolute atomic E-state index is 3.42. The number of thiophene rings is 1. The number of hydrogen-bond acceptors (Lipinski definition) is 2. The van der Waals surface area contributed by atoms with Gasteiger partial charge in [-0.1, -0.05) is 52.0 Å². The summed E-state index contributed by atoms with van der Waals surface area (Å²) >= 11 is 1.90. The molecule has 1 atom stereocenters. The molecule has 1 aromatic heterocycles. The summed E-state index contributed by atoms with van der Waals surface area (Å²) in [5, 5.41) is 3.42. The highest BCUT2D eigenvalue weighted by Gasteiger charge is 2.16. The van der Waals surface area contributed by atoms with Crippen molar-refractivity contribution >= 4 is 11.3 Å². The molecule has 1 heterocycles. The van der Waals surface area contributed by atoms with Crippen LogP contribution in [0.1, 0.15) is 50.1 Å². The van der Waals surface area contributed by atoms with E-state index in [0.29, 0.717) is 17.9 Å². The van der Waals surface area contributed by atoms with Crippen LogP contribution in [0.25, 0.3) is 10.4 Å². The summed E-state index contributed by atoms with van der Waals surface area (Å²) in [6.07, 6.45) is 0.